The summed E-state index contributed by atoms with van der Waals surface area (Å²) >= 11 is 0. The van der Waals surface area contributed by atoms with Gasteiger partial charge >= 0.3 is 0 Å². The molecule has 3 atom stereocenters. The maximum absolute atomic E-state index is 9.87. The fraction of sp³-hybridized carbons (Fsp3) is 0.533. The molecule has 3 heterocycles. The van der Waals surface area contributed by atoms with Crippen molar-refractivity contribution in [1.29, 1.82) is 0 Å². The number of aliphatic hydroxyl groups excluding tert-OH is 2. The Morgan fingerprint density at radius 1 is 1.39 bits per heavy atom. The Hall–Kier alpha value is -2.21. The Morgan fingerprint density at radius 3 is 3.00 bits per heavy atom. The van der Waals surface area contributed by atoms with Gasteiger partial charge in [-0.1, -0.05) is 12.8 Å². The SMILES string of the molecule is CCC#CCNc1ncnc2c1ncn2[C@H]1CC(O)[C@@H](CO)O1. The Kier molecular flexibility index (Phi) is 4.71. The predicted molar refractivity (Wildman–Crippen MR) is 83.5 cm³/mol. The van der Waals surface area contributed by atoms with E-state index in [1.807, 2.05) is 6.92 Å². The summed E-state index contributed by atoms with van der Waals surface area (Å²) in [6.07, 6.45) is 2.56. The summed E-state index contributed by atoms with van der Waals surface area (Å²) in [6.45, 7) is 2.26. The lowest BCUT2D eigenvalue weighted by atomic mass is 10.2. The lowest BCUT2D eigenvalue weighted by molar-refractivity contribution is -0.0432. The summed E-state index contributed by atoms with van der Waals surface area (Å²) in [5.74, 6) is 6.58. The zero-order chi connectivity index (χ0) is 16.2. The molecule has 0 amide bonds. The summed E-state index contributed by atoms with van der Waals surface area (Å²) in [4.78, 5) is 12.8. The third kappa shape index (κ3) is 3.12. The normalized spacial score (nSPS) is 23.7. The Labute approximate surface area is 133 Å². The minimum absolute atomic E-state index is 0.220. The molecule has 1 aliphatic rings. The van der Waals surface area contributed by atoms with Crippen molar-refractivity contribution in [2.24, 2.45) is 0 Å². The van der Waals surface area contributed by atoms with E-state index in [1.54, 1.807) is 10.9 Å². The highest BCUT2D eigenvalue weighted by molar-refractivity contribution is 5.82. The molecule has 1 unspecified atom stereocenters. The van der Waals surface area contributed by atoms with E-state index in [0.29, 0.717) is 29.9 Å². The number of nitrogens with one attached hydrogen (secondary N) is 1. The fourth-order valence-corrected chi connectivity index (χ4v) is 2.56. The molecule has 8 heteroatoms. The smallest absolute Gasteiger partial charge is 0.167 e. The summed E-state index contributed by atoms with van der Waals surface area (Å²) in [7, 11) is 0. The highest BCUT2D eigenvalue weighted by Gasteiger charge is 2.35. The predicted octanol–water partition coefficient (Wildman–Crippen LogP) is 0.292. The monoisotopic (exact) mass is 317 g/mol. The van der Waals surface area contributed by atoms with Crippen LogP contribution in [-0.4, -0.2) is 55.1 Å². The molecule has 2 aromatic heterocycles. The molecule has 0 radical (unpaired) electrons. The van der Waals surface area contributed by atoms with Crippen LogP contribution in [0.4, 0.5) is 5.82 Å². The lowest BCUT2D eigenvalue weighted by Crippen LogP contribution is -2.24. The number of nitrogens with zero attached hydrogens (tertiary/aromatic N) is 4. The first-order valence-corrected chi connectivity index (χ1v) is 7.56. The third-order valence-electron chi connectivity index (χ3n) is 3.70. The summed E-state index contributed by atoms with van der Waals surface area (Å²) < 4.78 is 7.40. The van der Waals surface area contributed by atoms with Crippen LogP contribution in [0.2, 0.25) is 0 Å². The van der Waals surface area contributed by atoms with Crippen LogP contribution in [0.3, 0.4) is 0 Å². The molecule has 0 aromatic carbocycles. The van der Waals surface area contributed by atoms with E-state index < -0.39 is 18.4 Å². The van der Waals surface area contributed by atoms with Crippen LogP contribution in [0.5, 0.6) is 0 Å². The summed E-state index contributed by atoms with van der Waals surface area (Å²) in [5, 5.41) is 22.2. The Bertz CT molecular complexity index is 736. The highest BCUT2D eigenvalue weighted by atomic mass is 16.5. The van der Waals surface area contributed by atoms with Crippen molar-refractivity contribution in [3.63, 3.8) is 0 Å². The van der Waals surface area contributed by atoms with Gasteiger partial charge in [0.1, 0.15) is 18.7 Å². The van der Waals surface area contributed by atoms with Gasteiger partial charge in [0, 0.05) is 12.8 Å². The van der Waals surface area contributed by atoms with E-state index >= 15 is 0 Å². The molecule has 1 aliphatic heterocycles. The first-order valence-electron chi connectivity index (χ1n) is 7.56. The number of hydrogen-bond donors (Lipinski definition) is 3. The molecular formula is C15H19N5O3. The topological polar surface area (TPSA) is 105 Å². The average Bonchev–Trinajstić information content (AvgIpc) is 3.15. The van der Waals surface area contributed by atoms with Crippen LogP contribution in [0, 0.1) is 11.8 Å². The number of aromatic nitrogens is 4. The van der Waals surface area contributed by atoms with Crippen LogP contribution in [-0.2, 0) is 4.74 Å². The van der Waals surface area contributed by atoms with Gasteiger partial charge in [-0.3, -0.25) is 4.57 Å². The van der Waals surface area contributed by atoms with E-state index in [0.717, 1.165) is 6.42 Å². The largest absolute Gasteiger partial charge is 0.394 e. The van der Waals surface area contributed by atoms with Gasteiger partial charge in [0.05, 0.1) is 25.6 Å². The first kappa shape index (κ1) is 15.7. The van der Waals surface area contributed by atoms with Crippen LogP contribution in [0.15, 0.2) is 12.7 Å². The zero-order valence-electron chi connectivity index (χ0n) is 12.8. The van der Waals surface area contributed by atoms with E-state index in [4.69, 9.17) is 4.74 Å². The molecule has 23 heavy (non-hydrogen) atoms. The highest BCUT2D eigenvalue weighted by Crippen LogP contribution is 2.31. The zero-order valence-corrected chi connectivity index (χ0v) is 12.8. The van der Waals surface area contributed by atoms with Crippen molar-refractivity contribution in [2.45, 2.75) is 38.2 Å². The molecule has 8 nitrogen and oxygen atoms in total. The van der Waals surface area contributed by atoms with Crippen LogP contribution in [0.1, 0.15) is 26.0 Å². The van der Waals surface area contributed by atoms with Gasteiger partial charge in [-0.2, -0.15) is 0 Å². The first-order chi connectivity index (χ1) is 11.2. The van der Waals surface area contributed by atoms with Gasteiger partial charge < -0.3 is 20.3 Å². The lowest BCUT2D eigenvalue weighted by Gasteiger charge is -2.13. The van der Waals surface area contributed by atoms with E-state index in [9.17, 15) is 10.2 Å². The molecule has 3 N–H and O–H groups in total. The molecule has 1 saturated heterocycles. The minimum atomic E-state index is -0.703. The molecule has 0 spiro atoms. The van der Waals surface area contributed by atoms with Crippen molar-refractivity contribution >= 4 is 17.0 Å². The van der Waals surface area contributed by atoms with Crippen molar-refractivity contribution in [3.8, 4) is 11.8 Å². The van der Waals surface area contributed by atoms with Gasteiger partial charge in [0.15, 0.2) is 17.0 Å². The standard InChI is InChI=1S/C15H19N5O3/c1-2-3-4-5-16-14-13-15(18-8-17-14)20(9-19-13)12-6-10(22)11(7-21)23-12/h8-12,21-22H,2,5-7H2,1H3,(H,16,17,18)/t10?,11-,12-/m1/s1. The number of aliphatic hydroxyl groups is 2. The van der Waals surface area contributed by atoms with E-state index in [-0.39, 0.29) is 6.61 Å². The quantitative estimate of drug-likeness (QED) is 0.696. The van der Waals surface area contributed by atoms with Crippen LogP contribution < -0.4 is 5.32 Å². The van der Waals surface area contributed by atoms with Gasteiger partial charge in [0.25, 0.3) is 0 Å². The number of imidazole rings is 1. The molecule has 1 fully saturated rings. The van der Waals surface area contributed by atoms with Crippen molar-refractivity contribution in [1.82, 2.24) is 19.5 Å². The van der Waals surface area contributed by atoms with E-state index in [2.05, 4.69) is 32.1 Å². The molecule has 0 saturated carbocycles. The maximum atomic E-state index is 9.87. The molecule has 2 aromatic rings. The number of ether oxygens (including phenoxy) is 1. The molecule has 3 rings (SSSR count). The van der Waals surface area contributed by atoms with E-state index in [1.165, 1.54) is 6.33 Å². The second kappa shape index (κ2) is 6.91. The minimum Gasteiger partial charge on any atom is -0.394 e. The molecular weight excluding hydrogens is 298 g/mol. The number of hydrogen-bond acceptors (Lipinski definition) is 7. The van der Waals surface area contributed by atoms with Gasteiger partial charge in [0.2, 0.25) is 0 Å². The average molecular weight is 317 g/mol. The van der Waals surface area contributed by atoms with Gasteiger partial charge in [-0.25, -0.2) is 15.0 Å². The van der Waals surface area contributed by atoms with Crippen LogP contribution in [0.25, 0.3) is 11.2 Å². The van der Waals surface area contributed by atoms with Gasteiger partial charge in [-0.15, -0.1) is 5.92 Å². The second-order valence-electron chi connectivity index (χ2n) is 5.22. The Balaban J connectivity index is 1.84. The summed E-state index contributed by atoms with van der Waals surface area (Å²) in [5.41, 5.74) is 1.23. The second-order valence-corrected chi connectivity index (χ2v) is 5.22. The summed E-state index contributed by atoms with van der Waals surface area (Å²) in [6, 6.07) is 0. The number of rotatable bonds is 4. The van der Waals surface area contributed by atoms with Crippen molar-refractivity contribution in [3.05, 3.63) is 12.7 Å². The third-order valence-corrected chi connectivity index (χ3v) is 3.70. The molecule has 0 aliphatic carbocycles. The number of fused-ring (bicyclic) bond motifs is 1. The maximum Gasteiger partial charge on any atom is 0.167 e. The van der Waals surface area contributed by atoms with Crippen molar-refractivity contribution < 1.29 is 14.9 Å². The van der Waals surface area contributed by atoms with Crippen LogP contribution >= 0.6 is 0 Å². The fourth-order valence-electron chi connectivity index (χ4n) is 2.56. The molecule has 122 valence electrons. The van der Waals surface area contributed by atoms with Gasteiger partial charge in [-0.05, 0) is 0 Å². The number of anilines is 1. The van der Waals surface area contributed by atoms with Crippen molar-refractivity contribution in [2.75, 3.05) is 18.5 Å². The Morgan fingerprint density at radius 2 is 2.26 bits per heavy atom. The molecule has 0 bridgehead atoms.